The molecule has 0 radical (unpaired) electrons. The average molecular weight is 239 g/mol. The minimum atomic E-state index is 0.391. The molecule has 0 unspecified atom stereocenters. The van der Waals surface area contributed by atoms with Crippen molar-refractivity contribution < 1.29 is 5.11 Å². The van der Waals surface area contributed by atoms with Gasteiger partial charge in [0.1, 0.15) is 5.75 Å². The Bertz CT molecular complexity index is 315. The van der Waals surface area contributed by atoms with Crippen LogP contribution in [-0.2, 0) is 6.54 Å². The number of thioether (sulfide) groups is 1. The predicted molar refractivity (Wildman–Crippen MR) is 72.2 cm³/mol. The van der Waals surface area contributed by atoms with Gasteiger partial charge in [0.25, 0.3) is 0 Å². The number of phenolic OH excluding ortho intramolecular Hbond substituents is 1. The molecule has 0 aliphatic rings. The maximum Gasteiger partial charge on any atom is 0.120 e. The topological polar surface area (TPSA) is 32.3 Å². The van der Waals surface area contributed by atoms with Crippen LogP contribution in [0.3, 0.4) is 0 Å². The quantitative estimate of drug-likeness (QED) is 0.718. The first-order valence-electron chi connectivity index (χ1n) is 5.72. The Hall–Kier alpha value is -0.670. The van der Waals surface area contributed by atoms with E-state index in [1.807, 2.05) is 30.8 Å². The molecule has 0 aliphatic heterocycles. The minimum absolute atomic E-state index is 0.391. The molecule has 0 bridgehead atoms. The van der Waals surface area contributed by atoms with E-state index >= 15 is 0 Å². The molecule has 1 aromatic carbocycles. The van der Waals surface area contributed by atoms with Crippen LogP contribution in [0.15, 0.2) is 18.2 Å². The molecule has 0 amide bonds. The summed E-state index contributed by atoms with van der Waals surface area (Å²) in [6, 6.07) is 5.72. The Balaban J connectivity index is 2.23. The van der Waals surface area contributed by atoms with Crippen molar-refractivity contribution in [1.82, 2.24) is 5.32 Å². The molecule has 0 spiro atoms. The SMILES string of the molecule is CSCCCCNCc1cc(C)ccc1O. The third-order valence-electron chi connectivity index (χ3n) is 2.50. The number of aryl methyl sites for hydroxylation is 1. The lowest BCUT2D eigenvalue weighted by atomic mass is 10.1. The van der Waals surface area contributed by atoms with Gasteiger partial charge < -0.3 is 10.4 Å². The standard InChI is InChI=1S/C13H21NOS/c1-11-5-6-13(15)12(9-11)10-14-7-3-4-8-16-2/h5-6,9,14-15H,3-4,7-8,10H2,1-2H3. The number of nitrogens with one attached hydrogen (secondary N) is 1. The van der Waals surface area contributed by atoms with E-state index in [0.717, 1.165) is 18.7 Å². The second-order valence-corrected chi connectivity index (χ2v) is 4.99. The molecular formula is C13H21NOS. The molecule has 1 rings (SSSR count). The monoisotopic (exact) mass is 239 g/mol. The van der Waals surface area contributed by atoms with Crippen LogP contribution in [0.5, 0.6) is 5.75 Å². The van der Waals surface area contributed by atoms with Crippen LogP contribution in [0.4, 0.5) is 0 Å². The third kappa shape index (κ3) is 4.90. The molecule has 2 N–H and O–H groups in total. The molecule has 0 aromatic heterocycles. The highest BCUT2D eigenvalue weighted by Crippen LogP contribution is 2.17. The molecular weight excluding hydrogens is 218 g/mol. The number of rotatable bonds is 7. The van der Waals surface area contributed by atoms with E-state index in [0.29, 0.717) is 5.75 Å². The Morgan fingerprint density at radius 1 is 1.31 bits per heavy atom. The summed E-state index contributed by atoms with van der Waals surface area (Å²) in [4.78, 5) is 0. The molecule has 3 heteroatoms. The van der Waals surface area contributed by atoms with Gasteiger partial charge in [-0.15, -0.1) is 0 Å². The van der Waals surface area contributed by atoms with Crippen molar-refractivity contribution in [3.63, 3.8) is 0 Å². The second-order valence-electron chi connectivity index (χ2n) is 4.01. The highest BCUT2D eigenvalue weighted by Gasteiger charge is 2.00. The van der Waals surface area contributed by atoms with Gasteiger partial charge in [0.05, 0.1) is 0 Å². The number of aromatic hydroxyl groups is 1. The summed E-state index contributed by atoms with van der Waals surface area (Å²) in [6.45, 7) is 3.82. The maximum absolute atomic E-state index is 9.63. The highest BCUT2D eigenvalue weighted by atomic mass is 32.2. The molecule has 0 fully saturated rings. The van der Waals surface area contributed by atoms with Crippen LogP contribution in [0.2, 0.25) is 0 Å². The zero-order valence-electron chi connectivity index (χ0n) is 10.1. The molecule has 2 nitrogen and oxygen atoms in total. The van der Waals surface area contributed by atoms with E-state index < -0.39 is 0 Å². The van der Waals surface area contributed by atoms with Gasteiger partial charge in [0, 0.05) is 12.1 Å². The van der Waals surface area contributed by atoms with Crippen LogP contribution in [-0.4, -0.2) is 23.7 Å². The highest BCUT2D eigenvalue weighted by molar-refractivity contribution is 7.98. The summed E-state index contributed by atoms with van der Waals surface area (Å²) in [5.74, 6) is 1.62. The molecule has 0 aliphatic carbocycles. The van der Waals surface area contributed by atoms with E-state index in [9.17, 15) is 5.11 Å². The average Bonchev–Trinajstić information content (AvgIpc) is 2.28. The van der Waals surface area contributed by atoms with Crippen LogP contribution in [0.1, 0.15) is 24.0 Å². The van der Waals surface area contributed by atoms with Crippen molar-refractivity contribution in [3.05, 3.63) is 29.3 Å². The summed E-state index contributed by atoms with van der Waals surface area (Å²) in [7, 11) is 0. The van der Waals surface area contributed by atoms with Crippen molar-refractivity contribution in [2.45, 2.75) is 26.3 Å². The van der Waals surface area contributed by atoms with E-state index in [2.05, 4.69) is 11.6 Å². The Kier molecular flexibility index (Phi) is 6.34. The number of unbranched alkanes of at least 4 members (excludes halogenated alkanes) is 1. The van der Waals surface area contributed by atoms with Gasteiger partial charge in [0.15, 0.2) is 0 Å². The molecule has 1 aromatic rings. The van der Waals surface area contributed by atoms with Crippen LogP contribution in [0, 0.1) is 6.92 Å². The maximum atomic E-state index is 9.63. The van der Waals surface area contributed by atoms with Crippen molar-refractivity contribution in [2.24, 2.45) is 0 Å². The molecule has 16 heavy (non-hydrogen) atoms. The van der Waals surface area contributed by atoms with Gasteiger partial charge in [-0.3, -0.25) is 0 Å². The van der Waals surface area contributed by atoms with Crippen LogP contribution in [0.25, 0.3) is 0 Å². The molecule has 0 heterocycles. The largest absolute Gasteiger partial charge is 0.508 e. The van der Waals surface area contributed by atoms with Crippen LogP contribution >= 0.6 is 11.8 Å². The minimum Gasteiger partial charge on any atom is -0.508 e. The molecule has 0 saturated heterocycles. The summed E-state index contributed by atoms with van der Waals surface area (Å²) >= 11 is 1.89. The lowest BCUT2D eigenvalue weighted by Crippen LogP contribution is -2.15. The van der Waals surface area contributed by atoms with Crippen molar-refractivity contribution in [3.8, 4) is 5.75 Å². The smallest absolute Gasteiger partial charge is 0.120 e. The van der Waals surface area contributed by atoms with E-state index in [4.69, 9.17) is 0 Å². The van der Waals surface area contributed by atoms with Gasteiger partial charge in [-0.25, -0.2) is 0 Å². The van der Waals surface area contributed by atoms with E-state index in [-0.39, 0.29) is 0 Å². The second kappa shape index (κ2) is 7.58. The zero-order valence-corrected chi connectivity index (χ0v) is 10.9. The van der Waals surface area contributed by atoms with Crippen molar-refractivity contribution in [2.75, 3.05) is 18.6 Å². The number of phenols is 1. The first-order valence-corrected chi connectivity index (χ1v) is 7.11. The first-order chi connectivity index (χ1) is 7.74. The van der Waals surface area contributed by atoms with E-state index in [1.54, 1.807) is 6.07 Å². The number of hydrogen-bond donors (Lipinski definition) is 2. The van der Waals surface area contributed by atoms with Crippen molar-refractivity contribution in [1.29, 1.82) is 0 Å². The van der Waals surface area contributed by atoms with E-state index in [1.165, 1.54) is 24.2 Å². The van der Waals surface area contributed by atoms with Crippen LogP contribution < -0.4 is 5.32 Å². The normalized spacial score (nSPS) is 10.6. The van der Waals surface area contributed by atoms with Gasteiger partial charge >= 0.3 is 0 Å². The molecule has 0 saturated carbocycles. The Morgan fingerprint density at radius 3 is 2.88 bits per heavy atom. The van der Waals surface area contributed by atoms with Gasteiger partial charge in [0.2, 0.25) is 0 Å². The summed E-state index contributed by atoms with van der Waals surface area (Å²) in [5.41, 5.74) is 2.18. The Labute approximate surface area is 102 Å². The van der Waals surface area contributed by atoms with Gasteiger partial charge in [-0.2, -0.15) is 11.8 Å². The molecule has 90 valence electrons. The molecule has 0 atom stereocenters. The Morgan fingerprint density at radius 2 is 2.12 bits per heavy atom. The lowest BCUT2D eigenvalue weighted by molar-refractivity contribution is 0.464. The lowest BCUT2D eigenvalue weighted by Gasteiger charge is -2.07. The third-order valence-corrected chi connectivity index (χ3v) is 3.20. The number of hydrogen-bond acceptors (Lipinski definition) is 3. The fourth-order valence-electron chi connectivity index (χ4n) is 1.58. The number of benzene rings is 1. The van der Waals surface area contributed by atoms with Gasteiger partial charge in [-0.1, -0.05) is 17.7 Å². The zero-order chi connectivity index (χ0) is 11.8. The fraction of sp³-hybridized carbons (Fsp3) is 0.538. The predicted octanol–water partition coefficient (Wildman–Crippen LogP) is 2.93. The first kappa shape index (κ1) is 13.4. The summed E-state index contributed by atoms with van der Waals surface area (Å²) in [6.07, 6.45) is 4.60. The fourth-order valence-corrected chi connectivity index (χ4v) is 2.07. The summed E-state index contributed by atoms with van der Waals surface area (Å²) < 4.78 is 0. The van der Waals surface area contributed by atoms with Crippen molar-refractivity contribution >= 4 is 11.8 Å². The summed E-state index contributed by atoms with van der Waals surface area (Å²) in [5, 5.41) is 13.0. The van der Waals surface area contributed by atoms with Gasteiger partial charge in [-0.05, 0) is 44.4 Å².